The number of thiol groups is 1. The van der Waals surface area contributed by atoms with E-state index in [1.807, 2.05) is 0 Å². The molecule has 3 nitrogen and oxygen atoms in total. The van der Waals surface area contributed by atoms with Crippen molar-refractivity contribution in [3.05, 3.63) is 0 Å². The monoisotopic (exact) mass is 195 g/mol. The van der Waals surface area contributed by atoms with Crippen molar-refractivity contribution in [1.29, 1.82) is 0 Å². The van der Waals surface area contributed by atoms with Crippen molar-refractivity contribution in [3.8, 4) is 0 Å². The fourth-order valence-corrected chi connectivity index (χ4v) is 0.575. The number of hydrogen-bond acceptors (Lipinski definition) is 4. The summed E-state index contributed by atoms with van der Waals surface area (Å²) in [6.07, 6.45) is 0.664. The van der Waals surface area contributed by atoms with Crippen LogP contribution in [0, 0.1) is 0 Å². The molecule has 0 bridgehead atoms. The van der Waals surface area contributed by atoms with Crippen molar-refractivity contribution in [2.75, 3.05) is 12.4 Å². The topological polar surface area (TPSA) is 49.4 Å². The number of hydrogen-bond donors (Lipinski definition) is 1. The first kappa shape index (κ1) is 13.6. The second-order valence-electron chi connectivity index (χ2n) is 1.10. The van der Waals surface area contributed by atoms with Crippen LogP contribution in [0.3, 0.4) is 0 Å². The standard InChI is InChI=1S/C3H8O3S2.K.H/c4-8(5)6-2-1-3-7;;/h7H,1-3H2,(H,4,5);;/q;+1;-1/p-1. The molecule has 0 radical (unpaired) electrons. The van der Waals surface area contributed by atoms with E-state index in [1.165, 1.54) is 0 Å². The molecule has 0 fully saturated rings. The van der Waals surface area contributed by atoms with Crippen molar-refractivity contribution < 1.29 is 65.8 Å². The molecule has 52 valence electrons. The van der Waals surface area contributed by atoms with E-state index < -0.39 is 11.4 Å². The van der Waals surface area contributed by atoms with E-state index in [9.17, 15) is 8.76 Å². The Balaban J connectivity index is -0.000000245. The minimum Gasteiger partial charge on any atom is -1.00 e. The third-order valence-corrected chi connectivity index (χ3v) is 1.16. The summed E-state index contributed by atoms with van der Waals surface area (Å²) in [6, 6.07) is 0. The summed E-state index contributed by atoms with van der Waals surface area (Å²) in [5.41, 5.74) is 0. The third kappa shape index (κ3) is 13.1. The van der Waals surface area contributed by atoms with Gasteiger partial charge >= 0.3 is 51.4 Å². The smallest absolute Gasteiger partial charge is 1.00 e. The van der Waals surface area contributed by atoms with Gasteiger partial charge in [0, 0.05) is 0 Å². The largest absolute Gasteiger partial charge is 1.00 e. The molecule has 6 heteroatoms. The van der Waals surface area contributed by atoms with Crippen molar-refractivity contribution >= 4 is 24.0 Å². The van der Waals surface area contributed by atoms with Crippen LogP contribution in [0.25, 0.3) is 0 Å². The van der Waals surface area contributed by atoms with Crippen LogP contribution in [-0.2, 0) is 15.5 Å². The van der Waals surface area contributed by atoms with Crippen LogP contribution < -0.4 is 51.4 Å². The Hall–Kier alpha value is 2.06. The van der Waals surface area contributed by atoms with Crippen LogP contribution >= 0.6 is 12.6 Å². The van der Waals surface area contributed by atoms with Crippen LogP contribution in [0.4, 0.5) is 0 Å². The Morgan fingerprint density at radius 3 is 2.67 bits per heavy atom. The van der Waals surface area contributed by atoms with Crippen molar-refractivity contribution in [2.24, 2.45) is 0 Å². The van der Waals surface area contributed by atoms with Gasteiger partial charge in [0.2, 0.25) is 0 Å². The summed E-state index contributed by atoms with van der Waals surface area (Å²) in [7, 11) is 0. The zero-order valence-corrected chi connectivity index (χ0v) is 10.0. The van der Waals surface area contributed by atoms with Gasteiger partial charge in [-0.05, 0) is 12.2 Å². The maximum Gasteiger partial charge on any atom is 1.00 e. The van der Waals surface area contributed by atoms with Crippen molar-refractivity contribution in [3.63, 3.8) is 0 Å². The fraction of sp³-hybridized carbons (Fsp3) is 1.00. The van der Waals surface area contributed by atoms with Gasteiger partial charge in [-0.25, -0.2) is 4.21 Å². The maximum atomic E-state index is 9.63. The Bertz CT molecular complexity index is 84.1. The first-order chi connectivity index (χ1) is 3.77. The van der Waals surface area contributed by atoms with Crippen LogP contribution in [0.15, 0.2) is 0 Å². The SMILES string of the molecule is O=S([O-])OCCCS.[H-].[K+]. The molecule has 1 unspecified atom stereocenters. The van der Waals surface area contributed by atoms with E-state index in [2.05, 4.69) is 16.8 Å². The number of rotatable bonds is 4. The van der Waals surface area contributed by atoms with Gasteiger partial charge in [-0.15, -0.1) is 0 Å². The first-order valence-corrected chi connectivity index (χ1v) is 3.74. The summed E-state index contributed by atoms with van der Waals surface area (Å²) in [4.78, 5) is 0. The molecule has 0 rings (SSSR count). The summed E-state index contributed by atoms with van der Waals surface area (Å²) < 4.78 is 23.4. The Morgan fingerprint density at radius 1 is 1.78 bits per heavy atom. The zero-order valence-electron chi connectivity index (χ0n) is 6.20. The van der Waals surface area contributed by atoms with E-state index in [1.54, 1.807) is 0 Å². The van der Waals surface area contributed by atoms with E-state index in [0.29, 0.717) is 12.2 Å². The van der Waals surface area contributed by atoms with Gasteiger partial charge in [0.1, 0.15) is 0 Å². The summed E-state index contributed by atoms with van der Waals surface area (Å²) >= 11 is 1.49. The van der Waals surface area contributed by atoms with Crippen LogP contribution in [0.5, 0.6) is 0 Å². The summed E-state index contributed by atoms with van der Waals surface area (Å²) in [5.74, 6) is 0.650. The fourth-order valence-electron chi connectivity index (χ4n) is 0.192. The van der Waals surface area contributed by atoms with Crippen LogP contribution in [0.2, 0.25) is 0 Å². The predicted molar refractivity (Wildman–Crippen MR) is 34.5 cm³/mol. The quantitative estimate of drug-likeness (QED) is 0.229. The second-order valence-corrected chi connectivity index (χ2v) is 2.19. The molecule has 9 heavy (non-hydrogen) atoms. The van der Waals surface area contributed by atoms with Gasteiger partial charge in [-0.2, -0.15) is 12.6 Å². The Kier molecular flexibility index (Phi) is 15.2. The van der Waals surface area contributed by atoms with Crippen LogP contribution in [-0.4, -0.2) is 21.1 Å². The predicted octanol–water partition coefficient (Wildman–Crippen LogP) is -2.77. The normalized spacial score (nSPS) is 12.2. The minimum atomic E-state index is -2.35. The Morgan fingerprint density at radius 2 is 2.33 bits per heavy atom. The minimum absolute atomic E-state index is 0. The molecule has 0 aromatic rings. The molecular weight excluding hydrogens is 187 g/mol. The molecule has 0 aromatic carbocycles. The van der Waals surface area contributed by atoms with E-state index in [-0.39, 0.29) is 59.4 Å². The van der Waals surface area contributed by atoms with Gasteiger partial charge in [-0.3, -0.25) is 0 Å². The molecule has 0 heterocycles. The molecule has 0 saturated carbocycles. The molecule has 0 N–H and O–H groups in total. The average Bonchev–Trinajstić information content (AvgIpc) is 1.66. The molecule has 0 saturated heterocycles. The average molecular weight is 195 g/mol. The van der Waals surface area contributed by atoms with Gasteiger partial charge in [0.25, 0.3) is 0 Å². The van der Waals surface area contributed by atoms with Crippen molar-refractivity contribution in [2.45, 2.75) is 6.42 Å². The van der Waals surface area contributed by atoms with Gasteiger partial charge < -0.3 is 10.2 Å². The molecule has 0 spiro atoms. The first-order valence-electron chi connectivity index (χ1n) is 2.10. The molecule has 1 atom stereocenters. The molecule has 0 aliphatic carbocycles. The van der Waals surface area contributed by atoms with Crippen LogP contribution in [0.1, 0.15) is 7.85 Å². The molecule has 0 aromatic heterocycles. The zero-order chi connectivity index (χ0) is 6.41. The van der Waals surface area contributed by atoms with E-state index in [0.717, 1.165) is 0 Å². The van der Waals surface area contributed by atoms with Gasteiger partial charge in [0.15, 0.2) is 0 Å². The Labute approximate surface area is 107 Å². The molecule has 0 aliphatic rings. The summed E-state index contributed by atoms with van der Waals surface area (Å²) in [6.45, 7) is 0.236. The molecular formula is C3H8KO3S2-. The van der Waals surface area contributed by atoms with Gasteiger partial charge in [-0.1, -0.05) is 0 Å². The van der Waals surface area contributed by atoms with Crippen molar-refractivity contribution in [1.82, 2.24) is 0 Å². The van der Waals surface area contributed by atoms with E-state index in [4.69, 9.17) is 0 Å². The second kappa shape index (κ2) is 10.1. The van der Waals surface area contributed by atoms with Gasteiger partial charge in [0.05, 0.1) is 18.0 Å². The molecule has 0 amide bonds. The van der Waals surface area contributed by atoms with E-state index >= 15 is 0 Å². The summed E-state index contributed by atoms with van der Waals surface area (Å²) in [5, 5.41) is 0. The molecule has 0 aliphatic heterocycles. The maximum absolute atomic E-state index is 9.63. The third-order valence-electron chi connectivity index (χ3n) is 0.482.